The molecule has 0 aromatic heterocycles. The van der Waals surface area contributed by atoms with Crippen LogP contribution in [0.4, 0.5) is 13.2 Å². The van der Waals surface area contributed by atoms with Crippen molar-refractivity contribution < 1.29 is 40.6 Å². The predicted octanol–water partition coefficient (Wildman–Crippen LogP) is 2.60. The predicted molar refractivity (Wildman–Crippen MR) is 100 cm³/mol. The lowest BCUT2D eigenvalue weighted by atomic mass is 9.99. The summed E-state index contributed by atoms with van der Waals surface area (Å²) in [6.07, 6.45) is -3.98. The number of piperidine rings is 1. The van der Waals surface area contributed by atoms with E-state index in [1.54, 1.807) is 0 Å². The van der Waals surface area contributed by atoms with Crippen molar-refractivity contribution in [1.82, 2.24) is 4.31 Å². The van der Waals surface area contributed by atoms with Crippen molar-refractivity contribution in [3.05, 3.63) is 29.8 Å². The van der Waals surface area contributed by atoms with E-state index in [0.717, 1.165) is 12.1 Å². The van der Waals surface area contributed by atoms with Gasteiger partial charge < -0.3 is 14.2 Å². The second kappa shape index (κ2) is 8.72. The van der Waals surface area contributed by atoms with E-state index in [4.69, 9.17) is 14.2 Å². The summed E-state index contributed by atoms with van der Waals surface area (Å²) < 4.78 is 79.9. The fourth-order valence-electron chi connectivity index (χ4n) is 3.81. The minimum atomic E-state index is -4.42. The van der Waals surface area contributed by atoms with Crippen molar-refractivity contribution in [3.8, 4) is 5.75 Å². The number of nitrogens with zero attached hydrogens (tertiary/aromatic N) is 1. The highest BCUT2D eigenvalue weighted by Crippen LogP contribution is 2.36. The molecule has 2 fully saturated rings. The molecule has 0 spiro atoms. The zero-order valence-corrected chi connectivity index (χ0v) is 17.3. The SMILES string of the molecule is COC(=O)C1(S(=O)(=O)N2CCC(Oc3ccc(C(F)(F)F)cc3)CC2)CCOCC1. The van der Waals surface area contributed by atoms with Crippen molar-refractivity contribution in [3.63, 3.8) is 0 Å². The highest BCUT2D eigenvalue weighted by atomic mass is 32.2. The van der Waals surface area contributed by atoms with Crippen LogP contribution in [0.5, 0.6) is 5.75 Å². The number of ether oxygens (including phenoxy) is 3. The van der Waals surface area contributed by atoms with E-state index in [9.17, 15) is 26.4 Å². The molecular weight excluding hydrogens is 427 g/mol. The summed E-state index contributed by atoms with van der Waals surface area (Å²) in [6, 6.07) is 4.39. The Labute approximate surface area is 173 Å². The molecular formula is C19H24F3NO6S. The molecule has 3 rings (SSSR count). The van der Waals surface area contributed by atoms with Gasteiger partial charge in [0.15, 0.2) is 4.75 Å². The molecule has 7 nitrogen and oxygen atoms in total. The number of hydrogen-bond acceptors (Lipinski definition) is 6. The van der Waals surface area contributed by atoms with Gasteiger partial charge in [-0.15, -0.1) is 0 Å². The summed E-state index contributed by atoms with van der Waals surface area (Å²) >= 11 is 0. The molecule has 1 aromatic carbocycles. The number of halogens is 3. The molecule has 2 aliphatic rings. The van der Waals surface area contributed by atoms with Crippen LogP contribution in [0.2, 0.25) is 0 Å². The molecule has 11 heteroatoms. The van der Waals surface area contributed by atoms with Gasteiger partial charge in [0.2, 0.25) is 10.0 Å². The lowest BCUT2D eigenvalue weighted by molar-refractivity contribution is -0.146. The molecule has 2 heterocycles. The van der Waals surface area contributed by atoms with E-state index < -0.39 is 32.5 Å². The number of methoxy groups -OCH3 is 1. The average molecular weight is 451 g/mol. The maximum absolute atomic E-state index is 13.3. The molecule has 2 aliphatic heterocycles. The van der Waals surface area contributed by atoms with E-state index in [2.05, 4.69) is 0 Å². The van der Waals surface area contributed by atoms with E-state index >= 15 is 0 Å². The number of sulfonamides is 1. The molecule has 0 unspecified atom stereocenters. The first kappa shape index (κ1) is 22.8. The Bertz CT molecular complexity index is 842. The Morgan fingerprint density at radius 3 is 2.20 bits per heavy atom. The topological polar surface area (TPSA) is 82.1 Å². The van der Waals surface area contributed by atoms with E-state index in [0.29, 0.717) is 18.6 Å². The Kier molecular flexibility index (Phi) is 6.63. The van der Waals surface area contributed by atoms with Crippen LogP contribution in [0, 0.1) is 0 Å². The van der Waals surface area contributed by atoms with Gasteiger partial charge in [-0.1, -0.05) is 0 Å². The number of benzene rings is 1. The summed E-state index contributed by atoms with van der Waals surface area (Å²) in [5.41, 5.74) is -0.764. The normalized spacial score (nSPS) is 21.2. The van der Waals surface area contributed by atoms with Crippen LogP contribution >= 0.6 is 0 Å². The van der Waals surface area contributed by atoms with Crippen LogP contribution in [-0.4, -0.2) is 63.0 Å². The van der Waals surface area contributed by atoms with Gasteiger partial charge in [0.05, 0.1) is 12.7 Å². The van der Waals surface area contributed by atoms with E-state index in [-0.39, 0.29) is 45.2 Å². The molecule has 0 radical (unpaired) electrons. The number of alkyl halides is 3. The van der Waals surface area contributed by atoms with Crippen molar-refractivity contribution in [2.24, 2.45) is 0 Å². The van der Waals surface area contributed by atoms with Crippen molar-refractivity contribution in [2.75, 3.05) is 33.4 Å². The van der Waals surface area contributed by atoms with Crippen LogP contribution in [0.1, 0.15) is 31.2 Å². The van der Waals surface area contributed by atoms with Gasteiger partial charge in [0.1, 0.15) is 11.9 Å². The Morgan fingerprint density at radius 1 is 1.13 bits per heavy atom. The highest BCUT2D eigenvalue weighted by molar-refractivity contribution is 7.91. The fraction of sp³-hybridized carbons (Fsp3) is 0.632. The summed E-state index contributed by atoms with van der Waals surface area (Å²) in [6.45, 7) is 0.601. The molecule has 0 atom stereocenters. The van der Waals surface area contributed by atoms with Crippen molar-refractivity contribution >= 4 is 16.0 Å². The minimum absolute atomic E-state index is 0.0317. The largest absolute Gasteiger partial charge is 0.490 e. The first-order valence-corrected chi connectivity index (χ1v) is 11.0. The van der Waals surface area contributed by atoms with Crippen LogP contribution in [0.15, 0.2) is 24.3 Å². The molecule has 1 aromatic rings. The van der Waals surface area contributed by atoms with Gasteiger partial charge in [-0.05, 0) is 37.1 Å². The third kappa shape index (κ3) is 4.42. The molecule has 2 saturated heterocycles. The molecule has 0 saturated carbocycles. The maximum Gasteiger partial charge on any atom is 0.416 e. The first-order chi connectivity index (χ1) is 14.1. The zero-order chi connectivity index (χ0) is 22.0. The standard InChI is InChI=1S/C19H24F3NO6S/c1-27-17(24)18(8-12-28-13-9-18)30(25,26)23-10-6-16(7-11-23)29-15-4-2-14(3-5-15)19(20,21)22/h2-5,16H,6-13H2,1H3. The van der Waals surface area contributed by atoms with Gasteiger partial charge in [-0.2, -0.15) is 13.2 Å². The van der Waals surface area contributed by atoms with Crippen molar-refractivity contribution in [1.29, 1.82) is 0 Å². The molecule has 0 amide bonds. The van der Waals surface area contributed by atoms with Gasteiger partial charge in [-0.3, -0.25) is 4.79 Å². The summed E-state index contributed by atoms with van der Waals surface area (Å²) in [7, 11) is -2.81. The highest BCUT2D eigenvalue weighted by Gasteiger charge is 2.55. The first-order valence-electron chi connectivity index (χ1n) is 9.60. The number of carbonyl (C=O) groups is 1. The maximum atomic E-state index is 13.3. The summed E-state index contributed by atoms with van der Waals surface area (Å²) in [5.74, 6) is -0.492. The lowest BCUT2D eigenvalue weighted by Crippen LogP contribution is -2.58. The monoisotopic (exact) mass is 451 g/mol. The molecule has 168 valence electrons. The molecule has 0 aliphatic carbocycles. The summed E-state index contributed by atoms with van der Waals surface area (Å²) in [5, 5.41) is 0. The smallest absolute Gasteiger partial charge is 0.416 e. The number of rotatable bonds is 5. The van der Waals surface area contributed by atoms with Gasteiger partial charge >= 0.3 is 12.1 Å². The minimum Gasteiger partial charge on any atom is -0.490 e. The van der Waals surface area contributed by atoms with Gasteiger partial charge in [-0.25, -0.2) is 12.7 Å². The molecule has 30 heavy (non-hydrogen) atoms. The second-order valence-electron chi connectivity index (χ2n) is 7.34. The van der Waals surface area contributed by atoms with Crippen LogP contribution < -0.4 is 4.74 Å². The quantitative estimate of drug-likeness (QED) is 0.640. The fourth-order valence-corrected chi connectivity index (χ4v) is 5.97. The second-order valence-corrected chi connectivity index (χ2v) is 9.59. The number of carbonyl (C=O) groups excluding carboxylic acids is 1. The van der Waals surface area contributed by atoms with Crippen LogP contribution in [0.3, 0.4) is 0 Å². The number of hydrogen-bond donors (Lipinski definition) is 0. The van der Waals surface area contributed by atoms with Crippen LogP contribution in [-0.2, 0) is 30.5 Å². The summed E-state index contributed by atoms with van der Waals surface area (Å²) in [4.78, 5) is 12.4. The Morgan fingerprint density at radius 2 is 1.70 bits per heavy atom. The molecule has 0 bridgehead atoms. The van der Waals surface area contributed by atoms with Gasteiger partial charge in [0.25, 0.3) is 0 Å². The van der Waals surface area contributed by atoms with Crippen LogP contribution in [0.25, 0.3) is 0 Å². The lowest BCUT2D eigenvalue weighted by Gasteiger charge is -2.40. The zero-order valence-electron chi connectivity index (χ0n) is 16.5. The van der Waals surface area contributed by atoms with Gasteiger partial charge in [0, 0.05) is 39.1 Å². The Balaban J connectivity index is 1.65. The molecule has 0 N–H and O–H groups in total. The third-order valence-electron chi connectivity index (χ3n) is 5.58. The Hall–Kier alpha value is -1.85. The average Bonchev–Trinajstić information content (AvgIpc) is 2.73. The third-order valence-corrected chi connectivity index (χ3v) is 8.18. The van der Waals surface area contributed by atoms with Crippen molar-refractivity contribution in [2.45, 2.75) is 42.7 Å². The number of esters is 1. The van der Waals surface area contributed by atoms with E-state index in [1.807, 2.05) is 0 Å². The van der Waals surface area contributed by atoms with E-state index in [1.165, 1.54) is 23.5 Å².